The zero-order valence-electron chi connectivity index (χ0n) is 18.7. The molecule has 4 rings (SSSR count). The maximum atomic E-state index is 13.2. The maximum absolute atomic E-state index is 13.2. The Kier molecular flexibility index (Phi) is 7.63. The SMILES string of the molecule is Cc1ccc(N2C(=O)NC(=O)/C(=C\c3cc(Cl)c(OCc4ccc(I)cc4)c(Br)c3)C2=O)cc1C. The van der Waals surface area contributed by atoms with Crippen molar-refractivity contribution in [2.24, 2.45) is 0 Å². The monoisotopic (exact) mass is 664 g/mol. The Morgan fingerprint density at radius 1 is 1.03 bits per heavy atom. The van der Waals surface area contributed by atoms with E-state index in [1.807, 2.05) is 44.2 Å². The molecule has 178 valence electrons. The van der Waals surface area contributed by atoms with Gasteiger partial charge in [0, 0.05) is 3.57 Å². The number of rotatable bonds is 5. The summed E-state index contributed by atoms with van der Waals surface area (Å²) < 4.78 is 7.58. The minimum atomic E-state index is -0.793. The summed E-state index contributed by atoms with van der Waals surface area (Å²) in [4.78, 5) is 39.1. The third kappa shape index (κ3) is 5.60. The number of nitrogens with one attached hydrogen (secondary N) is 1. The molecule has 0 spiro atoms. The molecule has 0 radical (unpaired) electrons. The number of barbiturate groups is 1. The van der Waals surface area contributed by atoms with Crippen LogP contribution < -0.4 is 15.0 Å². The highest BCUT2D eigenvalue weighted by Gasteiger charge is 2.37. The summed E-state index contributed by atoms with van der Waals surface area (Å²) in [6.07, 6.45) is 1.40. The number of urea groups is 1. The van der Waals surface area contributed by atoms with Gasteiger partial charge in [-0.2, -0.15) is 0 Å². The van der Waals surface area contributed by atoms with Crippen molar-refractivity contribution in [1.82, 2.24) is 5.32 Å². The number of aryl methyl sites for hydroxylation is 2. The van der Waals surface area contributed by atoms with Crippen LogP contribution in [-0.4, -0.2) is 17.8 Å². The molecule has 1 aliphatic rings. The topological polar surface area (TPSA) is 75.7 Å². The molecule has 0 atom stereocenters. The van der Waals surface area contributed by atoms with Gasteiger partial charge in [-0.3, -0.25) is 14.9 Å². The van der Waals surface area contributed by atoms with Gasteiger partial charge in [-0.25, -0.2) is 9.69 Å². The van der Waals surface area contributed by atoms with E-state index in [4.69, 9.17) is 16.3 Å². The Hall–Kier alpha value is -2.69. The molecule has 1 N–H and O–H groups in total. The predicted octanol–water partition coefficient (Wildman–Crippen LogP) is 6.57. The van der Waals surface area contributed by atoms with Crippen LogP contribution in [0.5, 0.6) is 5.75 Å². The van der Waals surface area contributed by atoms with Gasteiger partial charge in [0.25, 0.3) is 11.8 Å². The van der Waals surface area contributed by atoms with Gasteiger partial charge in [-0.05, 0) is 117 Å². The van der Waals surface area contributed by atoms with Crippen LogP contribution in [0.25, 0.3) is 6.08 Å². The lowest BCUT2D eigenvalue weighted by Crippen LogP contribution is -2.54. The molecule has 3 aromatic carbocycles. The van der Waals surface area contributed by atoms with Gasteiger partial charge < -0.3 is 4.74 Å². The van der Waals surface area contributed by atoms with Crippen molar-refractivity contribution >= 4 is 79.7 Å². The molecule has 4 amide bonds. The Labute approximate surface area is 229 Å². The van der Waals surface area contributed by atoms with Crippen LogP contribution in [0.3, 0.4) is 0 Å². The number of anilines is 1. The molecule has 9 heteroatoms. The second-order valence-corrected chi connectivity index (χ2v) is 10.5. The first-order valence-electron chi connectivity index (χ1n) is 10.5. The first-order valence-corrected chi connectivity index (χ1v) is 12.7. The van der Waals surface area contributed by atoms with Crippen LogP contribution >= 0.6 is 50.1 Å². The number of hydrogen-bond acceptors (Lipinski definition) is 4. The molecular weight excluding hydrogens is 647 g/mol. The molecule has 35 heavy (non-hydrogen) atoms. The van der Waals surface area contributed by atoms with E-state index in [0.29, 0.717) is 33.1 Å². The molecule has 6 nitrogen and oxygen atoms in total. The number of ether oxygens (including phenoxy) is 1. The maximum Gasteiger partial charge on any atom is 0.335 e. The number of carbonyl (C=O) groups is 3. The standard InChI is InChI=1S/C26H19BrClIN2O4/c1-14-3-8-19(9-15(14)2)31-25(33)20(24(32)30-26(31)34)10-17-11-21(27)23(22(28)12-17)35-13-16-4-6-18(29)7-5-16/h3-12H,13H2,1-2H3,(H,30,32,34)/b20-10+. The molecule has 0 bridgehead atoms. The van der Waals surface area contributed by atoms with Crippen LogP contribution in [0.1, 0.15) is 22.3 Å². The van der Waals surface area contributed by atoms with E-state index in [1.165, 1.54) is 6.08 Å². The normalized spacial score (nSPS) is 14.9. The summed E-state index contributed by atoms with van der Waals surface area (Å²) >= 11 is 12.2. The van der Waals surface area contributed by atoms with Crippen molar-refractivity contribution in [2.75, 3.05) is 4.90 Å². The van der Waals surface area contributed by atoms with Crippen molar-refractivity contribution < 1.29 is 19.1 Å². The Bertz CT molecular complexity index is 1370. The number of carbonyl (C=O) groups excluding carboxylic acids is 3. The highest BCUT2D eigenvalue weighted by Crippen LogP contribution is 2.36. The summed E-state index contributed by atoms with van der Waals surface area (Å²) in [7, 11) is 0. The van der Waals surface area contributed by atoms with Gasteiger partial charge >= 0.3 is 6.03 Å². The van der Waals surface area contributed by atoms with Gasteiger partial charge in [-0.1, -0.05) is 29.8 Å². The summed E-state index contributed by atoms with van der Waals surface area (Å²) in [5.41, 5.74) is 3.62. The minimum Gasteiger partial charge on any atom is -0.486 e. The fraction of sp³-hybridized carbons (Fsp3) is 0.115. The van der Waals surface area contributed by atoms with E-state index < -0.39 is 17.8 Å². The molecular formula is C26H19BrClIN2O4. The zero-order valence-corrected chi connectivity index (χ0v) is 23.2. The Morgan fingerprint density at radius 3 is 2.40 bits per heavy atom. The first kappa shape index (κ1) is 25.4. The fourth-order valence-electron chi connectivity index (χ4n) is 3.46. The average molecular weight is 666 g/mol. The lowest BCUT2D eigenvalue weighted by atomic mass is 10.0. The number of benzene rings is 3. The zero-order chi connectivity index (χ0) is 25.3. The van der Waals surface area contributed by atoms with Gasteiger partial charge in [0.2, 0.25) is 0 Å². The second kappa shape index (κ2) is 10.5. The first-order chi connectivity index (χ1) is 16.6. The van der Waals surface area contributed by atoms with Crippen LogP contribution in [-0.2, 0) is 16.2 Å². The van der Waals surface area contributed by atoms with E-state index in [9.17, 15) is 14.4 Å². The van der Waals surface area contributed by atoms with Crippen molar-refractivity contribution in [3.63, 3.8) is 0 Å². The minimum absolute atomic E-state index is 0.182. The molecule has 1 saturated heterocycles. The molecule has 1 fully saturated rings. The van der Waals surface area contributed by atoms with Crippen LogP contribution in [0, 0.1) is 17.4 Å². The van der Waals surface area contributed by atoms with Crippen molar-refractivity contribution in [3.05, 3.63) is 95.5 Å². The smallest absolute Gasteiger partial charge is 0.335 e. The lowest BCUT2D eigenvalue weighted by Gasteiger charge is -2.27. The number of halogens is 3. The van der Waals surface area contributed by atoms with Crippen molar-refractivity contribution in [3.8, 4) is 5.75 Å². The van der Waals surface area contributed by atoms with E-state index in [0.717, 1.165) is 25.2 Å². The van der Waals surface area contributed by atoms with Crippen LogP contribution in [0.15, 0.2) is 64.6 Å². The number of imide groups is 2. The van der Waals surface area contributed by atoms with Crippen LogP contribution in [0.2, 0.25) is 5.02 Å². The van der Waals surface area contributed by atoms with Gasteiger partial charge in [0.1, 0.15) is 12.2 Å². The average Bonchev–Trinajstić information content (AvgIpc) is 2.79. The van der Waals surface area contributed by atoms with E-state index in [-0.39, 0.29) is 5.57 Å². The number of amides is 4. The lowest BCUT2D eigenvalue weighted by molar-refractivity contribution is -0.122. The number of hydrogen-bond donors (Lipinski definition) is 1. The van der Waals surface area contributed by atoms with Crippen LogP contribution in [0.4, 0.5) is 10.5 Å². The molecule has 0 unspecified atom stereocenters. The predicted molar refractivity (Wildman–Crippen MR) is 148 cm³/mol. The highest BCUT2D eigenvalue weighted by atomic mass is 127. The largest absolute Gasteiger partial charge is 0.486 e. The summed E-state index contributed by atoms with van der Waals surface area (Å²) in [6, 6.07) is 15.6. The van der Waals surface area contributed by atoms with Crippen molar-refractivity contribution in [2.45, 2.75) is 20.5 Å². The van der Waals surface area contributed by atoms with Crippen molar-refractivity contribution in [1.29, 1.82) is 0 Å². The molecule has 0 aromatic heterocycles. The van der Waals surface area contributed by atoms with E-state index in [2.05, 4.69) is 43.8 Å². The fourth-order valence-corrected chi connectivity index (χ4v) is 4.81. The molecule has 0 saturated carbocycles. The summed E-state index contributed by atoms with van der Waals surface area (Å²) in [5.74, 6) is -1.04. The highest BCUT2D eigenvalue weighted by molar-refractivity contribution is 14.1. The third-order valence-corrected chi connectivity index (χ3v) is 7.07. The van der Waals surface area contributed by atoms with Gasteiger partial charge in [0.05, 0.1) is 15.2 Å². The summed E-state index contributed by atoms with van der Waals surface area (Å²) in [5, 5.41) is 2.54. The quantitative estimate of drug-likeness (QED) is 0.190. The Balaban J connectivity index is 1.61. The van der Waals surface area contributed by atoms with Gasteiger partial charge in [-0.15, -0.1) is 0 Å². The molecule has 1 heterocycles. The van der Waals surface area contributed by atoms with E-state index >= 15 is 0 Å². The van der Waals surface area contributed by atoms with Gasteiger partial charge in [0.15, 0.2) is 5.75 Å². The second-order valence-electron chi connectivity index (χ2n) is 7.96. The summed E-state index contributed by atoms with van der Waals surface area (Å²) in [6.45, 7) is 4.14. The molecule has 3 aromatic rings. The number of nitrogens with zero attached hydrogens (tertiary/aromatic N) is 1. The molecule has 0 aliphatic carbocycles. The molecule has 1 aliphatic heterocycles. The third-order valence-electron chi connectivity index (χ3n) is 5.48. The Morgan fingerprint density at radius 2 is 1.74 bits per heavy atom. The van der Waals surface area contributed by atoms with E-state index in [1.54, 1.807) is 24.3 Å².